The summed E-state index contributed by atoms with van der Waals surface area (Å²) in [6.07, 6.45) is 0. The second kappa shape index (κ2) is 9.80. The third kappa shape index (κ3) is 5.25. The molecule has 8 nitrogen and oxygen atoms in total. The highest BCUT2D eigenvalue weighted by atomic mass is 79.9. The number of anilines is 1. The smallest absolute Gasteiger partial charge is 0.271 e. The fraction of sp³-hybridized carbons (Fsp3) is 0.300. The first-order valence-corrected chi connectivity index (χ1v) is 10.9. The molecule has 1 aliphatic rings. The van der Waals surface area contributed by atoms with Gasteiger partial charge in [-0.1, -0.05) is 27.5 Å². The molecule has 0 unspecified atom stereocenters. The van der Waals surface area contributed by atoms with E-state index in [1.807, 2.05) is 22.8 Å². The van der Waals surface area contributed by atoms with Crippen LogP contribution in [0.4, 0.5) is 11.4 Å². The maximum atomic E-state index is 12.8. The molecule has 1 aliphatic heterocycles. The summed E-state index contributed by atoms with van der Waals surface area (Å²) in [5.74, 6) is 0.160. The van der Waals surface area contributed by atoms with E-state index in [2.05, 4.69) is 21.2 Å². The summed E-state index contributed by atoms with van der Waals surface area (Å²) in [6, 6.07) is 8.00. The monoisotopic (exact) mass is 526 g/mol. The Morgan fingerprint density at radius 3 is 2.52 bits per heavy atom. The van der Waals surface area contributed by atoms with Gasteiger partial charge in [0.15, 0.2) is 5.11 Å². The van der Waals surface area contributed by atoms with Gasteiger partial charge in [-0.05, 0) is 42.9 Å². The minimum absolute atomic E-state index is 0.0468. The number of non-ortho nitro benzene ring substituents is 1. The second-order valence-electron chi connectivity index (χ2n) is 6.93. The Hall–Kier alpha value is -2.43. The number of carbonyl (C=O) groups is 1. The van der Waals surface area contributed by atoms with Gasteiger partial charge in [0.1, 0.15) is 5.75 Å². The zero-order valence-corrected chi connectivity index (χ0v) is 20.0. The van der Waals surface area contributed by atoms with Gasteiger partial charge >= 0.3 is 0 Å². The number of nitrogens with one attached hydrogen (secondary N) is 1. The fourth-order valence-corrected chi connectivity index (χ4v) is 4.57. The van der Waals surface area contributed by atoms with Crippen LogP contribution in [0, 0.1) is 17.0 Å². The predicted octanol–water partition coefficient (Wildman–Crippen LogP) is 4.16. The normalized spacial score (nSPS) is 13.7. The minimum Gasteiger partial charge on any atom is -0.496 e. The molecule has 2 aromatic rings. The number of rotatable bonds is 4. The Labute approximate surface area is 198 Å². The number of carbonyl (C=O) groups excluding carboxylic acids is 1. The van der Waals surface area contributed by atoms with Crippen molar-refractivity contribution in [3.8, 4) is 5.75 Å². The third-order valence-corrected chi connectivity index (χ3v) is 6.08. The van der Waals surface area contributed by atoms with Crippen molar-refractivity contribution in [2.75, 3.05) is 38.2 Å². The van der Waals surface area contributed by atoms with Crippen LogP contribution < -0.4 is 15.0 Å². The topological polar surface area (TPSA) is 88.0 Å². The van der Waals surface area contributed by atoms with Crippen LogP contribution >= 0.6 is 39.7 Å². The molecule has 0 aromatic heterocycles. The van der Waals surface area contributed by atoms with Gasteiger partial charge in [0.25, 0.3) is 11.6 Å². The molecule has 0 aliphatic carbocycles. The van der Waals surface area contributed by atoms with Crippen molar-refractivity contribution in [2.45, 2.75) is 6.92 Å². The van der Waals surface area contributed by atoms with Crippen LogP contribution in [0.1, 0.15) is 15.9 Å². The molecule has 11 heteroatoms. The lowest BCUT2D eigenvalue weighted by atomic mass is 10.1. The first-order chi connectivity index (χ1) is 14.7. The zero-order valence-electron chi connectivity index (χ0n) is 16.9. The van der Waals surface area contributed by atoms with Gasteiger partial charge in [-0.3, -0.25) is 20.2 Å². The standard InChI is InChI=1S/C20H20BrClN4O4S/c1-12-9-13(21)10-15(18(12)30-2)19(27)23-20(31)25-7-5-24(6-8-25)17-4-3-14(26(28)29)11-16(17)22/h3-4,9-11H,5-8H2,1-2H3,(H,23,27,31). The van der Waals surface area contributed by atoms with Crippen LogP contribution in [0.15, 0.2) is 34.8 Å². The Morgan fingerprint density at radius 1 is 1.26 bits per heavy atom. The number of nitrogens with zero attached hydrogens (tertiary/aromatic N) is 3. The summed E-state index contributed by atoms with van der Waals surface area (Å²) in [5, 5.41) is 14.3. The minimum atomic E-state index is -0.476. The maximum absolute atomic E-state index is 12.8. The van der Waals surface area contributed by atoms with Crippen LogP contribution in [0.2, 0.25) is 5.02 Å². The van der Waals surface area contributed by atoms with Crippen molar-refractivity contribution < 1.29 is 14.5 Å². The van der Waals surface area contributed by atoms with E-state index >= 15 is 0 Å². The number of benzene rings is 2. The van der Waals surface area contributed by atoms with E-state index in [-0.39, 0.29) is 11.6 Å². The summed E-state index contributed by atoms with van der Waals surface area (Å²) in [4.78, 5) is 27.1. The van der Waals surface area contributed by atoms with Crippen molar-refractivity contribution in [3.63, 3.8) is 0 Å². The highest BCUT2D eigenvalue weighted by Gasteiger charge is 2.24. The van der Waals surface area contributed by atoms with E-state index in [1.165, 1.54) is 19.2 Å². The van der Waals surface area contributed by atoms with E-state index in [4.69, 9.17) is 28.6 Å². The van der Waals surface area contributed by atoms with Crippen molar-refractivity contribution in [1.29, 1.82) is 0 Å². The molecule has 0 spiro atoms. The summed E-state index contributed by atoms with van der Waals surface area (Å²) in [7, 11) is 1.52. The lowest BCUT2D eigenvalue weighted by Crippen LogP contribution is -2.52. The van der Waals surface area contributed by atoms with Crippen LogP contribution in [-0.4, -0.2) is 54.1 Å². The summed E-state index contributed by atoms with van der Waals surface area (Å²) in [6.45, 7) is 4.21. The molecular weight excluding hydrogens is 508 g/mol. The molecular formula is C20H20BrClN4O4S. The summed E-state index contributed by atoms with van der Waals surface area (Å²) >= 11 is 15.1. The first kappa shape index (κ1) is 23.2. The number of methoxy groups -OCH3 is 1. The van der Waals surface area contributed by atoms with Gasteiger partial charge < -0.3 is 14.5 Å². The maximum Gasteiger partial charge on any atom is 0.271 e. The summed E-state index contributed by atoms with van der Waals surface area (Å²) in [5.41, 5.74) is 1.92. The molecule has 2 aromatic carbocycles. The number of nitro groups is 1. The Balaban J connectivity index is 1.63. The van der Waals surface area contributed by atoms with Crippen molar-refractivity contribution in [2.24, 2.45) is 0 Å². The predicted molar refractivity (Wildman–Crippen MR) is 127 cm³/mol. The molecule has 3 rings (SSSR count). The van der Waals surface area contributed by atoms with Crippen molar-refractivity contribution in [1.82, 2.24) is 10.2 Å². The highest BCUT2D eigenvalue weighted by molar-refractivity contribution is 9.10. The zero-order chi connectivity index (χ0) is 22.7. The lowest BCUT2D eigenvalue weighted by Gasteiger charge is -2.37. The van der Waals surface area contributed by atoms with Crippen LogP contribution in [-0.2, 0) is 0 Å². The Morgan fingerprint density at radius 2 is 1.94 bits per heavy atom. The molecule has 0 saturated carbocycles. The largest absolute Gasteiger partial charge is 0.496 e. The van der Waals surface area contributed by atoms with E-state index in [1.54, 1.807) is 12.1 Å². The second-order valence-corrected chi connectivity index (χ2v) is 8.64. The molecule has 1 saturated heterocycles. The highest BCUT2D eigenvalue weighted by Crippen LogP contribution is 2.31. The Kier molecular flexibility index (Phi) is 7.34. The van der Waals surface area contributed by atoms with Crippen LogP contribution in [0.5, 0.6) is 5.75 Å². The van der Waals surface area contributed by atoms with Gasteiger partial charge in [-0.2, -0.15) is 0 Å². The number of nitro benzene ring substituents is 1. The van der Waals surface area contributed by atoms with Crippen molar-refractivity contribution in [3.05, 3.63) is 61.1 Å². The SMILES string of the molecule is COc1c(C)cc(Br)cc1C(=O)NC(=S)N1CCN(c2ccc([N+](=O)[O-])cc2Cl)CC1. The molecule has 0 bridgehead atoms. The average Bonchev–Trinajstić information content (AvgIpc) is 2.73. The molecule has 1 heterocycles. The number of hydrogen-bond acceptors (Lipinski definition) is 6. The van der Waals surface area contributed by atoms with Gasteiger partial charge in [-0.15, -0.1) is 0 Å². The van der Waals surface area contributed by atoms with E-state index < -0.39 is 4.92 Å². The molecule has 1 amide bonds. The van der Waals surface area contributed by atoms with Crippen LogP contribution in [0.25, 0.3) is 0 Å². The number of thiocarbonyl (C=S) groups is 1. The quantitative estimate of drug-likeness (QED) is 0.363. The van der Waals surface area contributed by atoms with Gasteiger partial charge in [0.2, 0.25) is 0 Å². The molecule has 0 atom stereocenters. The number of piperazine rings is 1. The lowest BCUT2D eigenvalue weighted by molar-refractivity contribution is -0.384. The van der Waals surface area contributed by atoms with Gasteiger partial charge in [-0.25, -0.2) is 0 Å². The number of ether oxygens (including phenoxy) is 1. The van der Waals surface area contributed by atoms with Gasteiger partial charge in [0, 0.05) is 42.8 Å². The number of aryl methyl sites for hydroxylation is 1. The van der Waals surface area contributed by atoms with E-state index in [0.29, 0.717) is 47.6 Å². The van der Waals surface area contributed by atoms with E-state index in [9.17, 15) is 14.9 Å². The summed E-state index contributed by atoms with van der Waals surface area (Å²) < 4.78 is 6.15. The number of hydrogen-bond donors (Lipinski definition) is 1. The van der Waals surface area contributed by atoms with E-state index in [0.717, 1.165) is 15.7 Å². The molecule has 164 valence electrons. The molecule has 0 radical (unpaired) electrons. The number of amides is 1. The first-order valence-electron chi connectivity index (χ1n) is 9.34. The molecule has 1 N–H and O–H groups in total. The average molecular weight is 528 g/mol. The van der Waals surface area contributed by atoms with Gasteiger partial charge in [0.05, 0.1) is 28.3 Å². The third-order valence-electron chi connectivity index (χ3n) is 4.96. The van der Waals surface area contributed by atoms with Crippen molar-refractivity contribution >= 4 is 62.1 Å². The molecule has 31 heavy (non-hydrogen) atoms. The molecule has 1 fully saturated rings. The fourth-order valence-electron chi connectivity index (χ4n) is 3.43. The van der Waals surface area contributed by atoms with Crippen LogP contribution in [0.3, 0.4) is 0 Å². The number of halogens is 2. The Bertz CT molecular complexity index is 1040.